The lowest BCUT2D eigenvalue weighted by molar-refractivity contribution is -0.123. The Bertz CT molecular complexity index is 648. The zero-order valence-electron chi connectivity index (χ0n) is 17.2. The van der Waals surface area contributed by atoms with Gasteiger partial charge < -0.3 is 14.4 Å². The number of nitrogens with zero attached hydrogens (tertiary/aromatic N) is 2. The number of carbonyl (C=O) groups is 3. The van der Waals surface area contributed by atoms with Crippen LogP contribution in [0.15, 0.2) is 12.2 Å². The molecule has 3 atom stereocenters. The molecule has 7 nitrogen and oxygen atoms in total. The van der Waals surface area contributed by atoms with Crippen LogP contribution < -0.4 is 0 Å². The maximum absolute atomic E-state index is 12.1. The minimum absolute atomic E-state index is 0.159. The monoisotopic (exact) mass is 742 g/mol. The molecule has 162 valence electrons. The van der Waals surface area contributed by atoms with Crippen molar-refractivity contribution in [2.75, 3.05) is 6.61 Å². The highest BCUT2D eigenvalue weighted by Crippen LogP contribution is 2.35. The Morgan fingerprint density at radius 2 is 1.90 bits per heavy atom. The summed E-state index contributed by atoms with van der Waals surface area (Å²) < 4.78 is 11.2. The standard InChI is InChI=1S/C16H23BN2O5.C2H3I3/c1-5-11-12(24-16(3,4)19(11)14(17)21)7-6-8-13(20)18-10(2)9-23-15(18)22;1-2(3,4)5/h6,8,10-12H,5,7,9H2,1-4H3;1H3/b8-6+;/t10?,11-,12+;/m0./s1. The summed E-state index contributed by atoms with van der Waals surface area (Å²) in [5.74, 6) is -0.940. The molecule has 2 saturated heterocycles. The highest BCUT2D eigenvalue weighted by Gasteiger charge is 2.46. The smallest absolute Gasteiger partial charge is 0.417 e. The third-order valence-electron chi connectivity index (χ3n) is 4.39. The lowest BCUT2D eigenvalue weighted by Gasteiger charge is -2.33. The molecule has 2 fully saturated rings. The van der Waals surface area contributed by atoms with E-state index in [2.05, 4.69) is 74.7 Å². The van der Waals surface area contributed by atoms with E-state index < -0.39 is 23.5 Å². The maximum atomic E-state index is 12.1. The number of imide groups is 1. The van der Waals surface area contributed by atoms with E-state index in [1.54, 1.807) is 26.8 Å². The first-order valence-electron chi connectivity index (χ1n) is 9.18. The van der Waals surface area contributed by atoms with Crippen LogP contribution in [-0.4, -0.2) is 65.4 Å². The maximum Gasteiger partial charge on any atom is 0.417 e. The van der Waals surface area contributed by atoms with Crippen LogP contribution in [0.25, 0.3) is 0 Å². The lowest BCUT2D eigenvalue weighted by Crippen LogP contribution is -2.47. The molecule has 0 aromatic carbocycles. The summed E-state index contributed by atoms with van der Waals surface area (Å²) in [6.45, 7) is 9.64. The van der Waals surface area contributed by atoms with E-state index in [-0.39, 0.29) is 24.8 Å². The Labute approximate surface area is 214 Å². The van der Waals surface area contributed by atoms with Crippen LogP contribution in [0.4, 0.5) is 9.59 Å². The van der Waals surface area contributed by atoms with Crippen molar-refractivity contribution in [2.45, 2.75) is 70.8 Å². The topological polar surface area (TPSA) is 76.2 Å². The van der Waals surface area contributed by atoms with E-state index in [0.29, 0.717) is 12.3 Å². The lowest BCUT2D eigenvalue weighted by atomic mass is 9.99. The van der Waals surface area contributed by atoms with Crippen LogP contribution in [0.1, 0.15) is 47.5 Å². The summed E-state index contributed by atoms with van der Waals surface area (Å²) in [5.41, 5.74) is -0.789. The molecule has 2 aliphatic rings. The van der Waals surface area contributed by atoms with Gasteiger partial charge in [0.15, 0.2) is 5.81 Å². The van der Waals surface area contributed by atoms with Crippen LogP contribution in [0.5, 0.6) is 0 Å². The van der Waals surface area contributed by atoms with Gasteiger partial charge in [0.25, 0.3) is 5.91 Å². The highest BCUT2D eigenvalue weighted by atomic mass is 127. The highest BCUT2D eigenvalue weighted by molar-refractivity contribution is 14.3. The predicted octanol–water partition coefficient (Wildman–Crippen LogP) is 4.77. The first-order chi connectivity index (χ1) is 13.2. The molecule has 0 spiro atoms. The summed E-state index contributed by atoms with van der Waals surface area (Å²) in [6, 6.07) is -0.432. The SMILES string of the molecule is CC(I)(I)I.[B]C(=O)N1[C@@H](CC)[C@@H](C/C=C/C(=O)N2C(=O)OCC2C)OC1(C)C. The normalized spacial score (nSPS) is 26.3. The fourth-order valence-corrected chi connectivity index (χ4v) is 3.36. The van der Waals surface area contributed by atoms with Crippen molar-refractivity contribution >= 4 is 93.4 Å². The Hall–Kier alpha value is 0.365. The average molecular weight is 742 g/mol. The second-order valence-electron chi connectivity index (χ2n) is 7.34. The van der Waals surface area contributed by atoms with Crippen molar-refractivity contribution in [1.82, 2.24) is 9.80 Å². The first kappa shape index (κ1) is 27.4. The molecule has 0 aromatic rings. The fraction of sp³-hybridized carbons (Fsp3) is 0.722. The van der Waals surface area contributed by atoms with Gasteiger partial charge in [-0.15, -0.1) is 0 Å². The molecule has 2 aliphatic heterocycles. The number of cyclic esters (lactones) is 1. The third kappa shape index (κ3) is 8.43. The van der Waals surface area contributed by atoms with Gasteiger partial charge in [-0.2, -0.15) is 0 Å². The molecule has 0 aliphatic carbocycles. The minimum Gasteiger partial charge on any atom is -0.447 e. The van der Waals surface area contributed by atoms with Gasteiger partial charge in [0.2, 0.25) is 7.85 Å². The summed E-state index contributed by atoms with van der Waals surface area (Å²) >= 11 is 7.05. The molecule has 2 rings (SSSR count). The van der Waals surface area contributed by atoms with Gasteiger partial charge in [-0.25, -0.2) is 9.69 Å². The number of carbonyl (C=O) groups excluding carboxylic acids is 3. The van der Waals surface area contributed by atoms with E-state index >= 15 is 0 Å². The van der Waals surface area contributed by atoms with Crippen molar-refractivity contribution < 1.29 is 23.9 Å². The number of hydrogen-bond acceptors (Lipinski definition) is 5. The van der Waals surface area contributed by atoms with Crippen LogP contribution in [0.2, 0.25) is 0 Å². The molecule has 1 unspecified atom stereocenters. The van der Waals surface area contributed by atoms with E-state index in [0.717, 1.165) is 4.90 Å². The number of halogens is 3. The van der Waals surface area contributed by atoms with Gasteiger partial charge in [0.1, 0.15) is 11.8 Å². The molecule has 0 bridgehead atoms. The number of alkyl halides is 3. The Morgan fingerprint density at radius 3 is 2.31 bits per heavy atom. The van der Waals surface area contributed by atoms with Crippen LogP contribution in [-0.2, 0) is 14.3 Å². The van der Waals surface area contributed by atoms with Gasteiger partial charge >= 0.3 is 6.09 Å². The van der Waals surface area contributed by atoms with Crippen molar-refractivity contribution in [1.29, 1.82) is 0 Å². The van der Waals surface area contributed by atoms with E-state index in [1.807, 2.05) is 6.92 Å². The zero-order chi connectivity index (χ0) is 22.6. The quantitative estimate of drug-likeness (QED) is 0.180. The van der Waals surface area contributed by atoms with Gasteiger partial charge in [0.05, 0.1) is 18.2 Å². The van der Waals surface area contributed by atoms with Crippen molar-refractivity contribution in [3.63, 3.8) is 0 Å². The van der Waals surface area contributed by atoms with Gasteiger partial charge in [-0.05, 0) is 46.6 Å². The van der Waals surface area contributed by atoms with E-state index in [1.165, 1.54) is 11.0 Å². The van der Waals surface area contributed by atoms with Crippen LogP contribution in [0.3, 0.4) is 0 Å². The average Bonchev–Trinajstić information content (AvgIpc) is 3.00. The Kier molecular flexibility index (Phi) is 10.7. The summed E-state index contributed by atoms with van der Waals surface area (Å²) in [6.07, 6.45) is 3.25. The number of rotatable bonds is 4. The van der Waals surface area contributed by atoms with Crippen molar-refractivity contribution in [3.05, 3.63) is 12.2 Å². The van der Waals surface area contributed by atoms with Gasteiger partial charge in [-0.3, -0.25) is 9.59 Å². The first-order valence-corrected chi connectivity index (χ1v) is 12.4. The number of ether oxygens (including phenoxy) is 2. The fourth-order valence-electron chi connectivity index (χ4n) is 3.36. The number of hydrogen-bond donors (Lipinski definition) is 0. The summed E-state index contributed by atoms with van der Waals surface area (Å²) in [4.78, 5) is 37.9. The zero-order valence-corrected chi connectivity index (χ0v) is 23.6. The van der Waals surface area contributed by atoms with Crippen LogP contribution in [0, 0.1) is 0 Å². The Morgan fingerprint density at radius 1 is 1.34 bits per heavy atom. The minimum atomic E-state index is -0.789. The van der Waals surface area contributed by atoms with Crippen molar-refractivity contribution in [2.24, 2.45) is 0 Å². The molecule has 11 heteroatoms. The molecule has 0 saturated carbocycles. The summed E-state index contributed by atoms with van der Waals surface area (Å²) in [5, 5.41) is 0. The van der Waals surface area contributed by atoms with E-state index in [9.17, 15) is 14.4 Å². The Balaban J connectivity index is 0.000000749. The largest absolute Gasteiger partial charge is 0.447 e. The molecular formula is C18H26BI3N2O5. The molecule has 0 aromatic heterocycles. The molecule has 2 radical (unpaired) electrons. The van der Waals surface area contributed by atoms with E-state index in [4.69, 9.17) is 17.3 Å². The molecule has 0 N–H and O–H groups in total. The number of amides is 3. The van der Waals surface area contributed by atoms with Gasteiger partial charge in [-0.1, -0.05) is 80.8 Å². The molecule has 29 heavy (non-hydrogen) atoms. The molecule has 2 heterocycles. The molecule has 3 amide bonds. The second kappa shape index (κ2) is 11.3. The van der Waals surface area contributed by atoms with Crippen LogP contribution >= 0.6 is 67.8 Å². The van der Waals surface area contributed by atoms with Gasteiger partial charge in [0, 0.05) is 0 Å². The predicted molar refractivity (Wildman–Crippen MR) is 138 cm³/mol. The van der Waals surface area contributed by atoms with Crippen molar-refractivity contribution in [3.8, 4) is 0 Å². The third-order valence-corrected chi connectivity index (χ3v) is 4.39. The second-order valence-corrected chi connectivity index (χ2v) is 20.0. The molecular weight excluding hydrogens is 716 g/mol. The summed E-state index contributed by atoms with van der Waals surface area (Å²) in [7, 11) is 5.47.